The number of likely N-dealkylation sites (tertiary alicyclic amines) is 1. The molecule has 1 saturated carbocycles. The van der Waals surface area contributed by atoms with Gasteiger partial charge < -0.3 is 10.0 Å². The van der Waals surface area contributed by atoms with Crippen LogP contribution in [0.25, 0.3) is 0 Å². The number of amides is 1. The van der Waals surface area contributed by atoms with Gasteiger partial charge in [0.05, 0.1) is 18.2 Å². The lowest BCUT2D eigenvalue weighted by Gasteiger charge is -2.25. The van der Waals surface area contributed by atoms with E-state index >= 15 is 0 Å². The molecule has 1 amide bonds. The largest absolute Gasteiger partial charge is 0.381 e. The average Bonchev–Trinajstić information content (AvgIpc) is 3.00. The van der Waals surface area contributed by atoms with Crippen molar-refractivity contribution in [2.75, 3.05) is 13.1 Å². The third-order valence-electron chi connectivity index (χ3n) is 5.22. The fraction of sp³-hybridized carbons (Fsp3) is 0.471. The summed E-state index contributed by atoms with van der Waals surface area (Å²) in [6.07, 6.45) is 3.86. The van der Waals surface area contributed by atoms with E-state index in [0.29, 0.717) is 30.6 Å². The summed E-state index contributed by atoms with van der Waals surface area (Å²) in [6, 6.07) is 6.60. The van der Waals surface area contributed by atoms with Gasteiger partial charge in [0.25, 0.3) is 0 Å². The van der Waals surface area contributed by atoms with Gasteiger partial charge in [-0.3, -0.25) is 4.79 Å². The molecular weight excluding hydrogens is 311 g/mol. The lowest BCUT2D eigenvalue weighted by Crippen LogP contribution is -2.39. The Kier molecular flexibility index (Phi) is 3.42. The Bertz CT molecular complexity index is 760. The fourth-order valence-corrected chi connectivity index (χ4v) is 3.56. The van der Waals surface area contributed by atoms with Gasteiger partial charge in [-0.25, -0.2) is 4.39 Å². The van der Waals surface area contributed by atoms with Crippen LogP contribution in [0.5, 0.6) is 0 Å². The summed E-state index contributed by atoms with van der Waals surface area (Å²) in [5.74, 6) is -0.262. The highest BCUT2D eigenvalue weighted by molar-refractivity contribution is 5.86. The molecule has 2 aliphatic rings. The Labute approximate surface area is 138 Å². The van der Waals surface area contributed by atoms with Crippen LogP contribution in [0.15, 0.2) is 30.5 Å². The highest BCUT2D eigenvalue weighted by atomic mass is 19.1. The number of β-amino-alcohol motifs (C(OH)–C–C–N with tert-alkyl or cyclic N) is 1. The van der Waals surface area contributed by atoms with E-state index in [1.807, 2.05) is 0 Å². The first kappa shape index (κ1) is 15.3. The van der Waals surface area contributed by atoms with Crippen LogP contribution in [0.2, 0.25) is 0 Å². The van der Waals surface area contributed by atoms with Crippen LogP contribution in [0, 0.1) is 11.2 Å². The summed E-state index contributed by atoms with van der Waals surface area (Å²) < 4.78 is 13.9. The number of nitrogens with zero attached hydrogens (tertiary/aromatic N) is 3. The third kappa shape index (κ3) is 2.49. The van der Waals surface area contributed by atoms with Crippen molar-refractivity contribution in [1.29, 1.82) is 0 Å². The maximum Gasteiger partial charge on any atom is 0.229 e. The Morgan fingerprint density at radius 2 is 2.12 bits per heavy atom. The van der Waals surface area contributed by atoms with E-state index in [2.05, 4.69) is 15.4 Å². The average molecular weight is 330 g/mol. The number of aromatic amines is 1. The monoisotopic (exact) mass is 330 g/mol. The molecule has 6 nitrogen and oxygen atoms in total. The zero-order valence-electron chi connectivity index (χ0n) is 13.2. The van der Waals surface area contributed by atoms with Crippen molar-refractivity contribution in [3.05, 3.63) is 47.5 Å². The summed E-state index contributed by atoms with van der Waals surface area (Å²) in [5.41, 5.74) is -0.639. The topological polar surface area (TPSA) is 82.1 Å². The summed E-state index contributed by atoms with van der Waals surface area (Å²) in [6.45, 7) is 0.679. The molecule has 1 aromatic heterocycles. The molecule has 0 unspecified atom stereocenters. The van der Waals surface area contributed by atoms with Crippen LogP contribution in [-0.4, -0.2) is 44.4 Å². The van der Waals surface area contributed by atoms with Crippen molar-refractivity contribution >= 4 is 5.91 Å². The van der Waals surface area contributed by atoms with Crippen molar-refractivity contribution in [3.63, 3.8) is 0 Å². The predicted octanol–water partition coefficient (Wildman–Crippen LogP) is 1.39. The normalized spacial score (nSPS) is 25.0. The maximum absolute atomic E-state index is 13.9. The van der Waals surface area contributed by atoms with E-state index in [1.165, 1.54) is 12.3 Å². The molecule has 1 aliphatic carbocycles. The number of aromatic nitrogens is 3. The molecule has 7 heteroatoms. The minimum absolute atomic E-state index is 0.00479. The molecule has 2 fully saturated rings. The number of carbonyl (C=O) groups excluding carboxylic acids is 1. The molecule has 2 heterocycles. The SMILES string of the molecule is O=C(N1CC[C@@](O)(c2cn[nH]n2)C1)C1(Cc2ccccc2F)CC1. The minimum Gasteiger partial charge on any atom is -0.381 e. The number of carbonyl (C=O) groups is 1. The highest BCUT2D eigenvalue weighted by Crippen LogP contribution is 2.51. The van der Waals surface area contributed by atoms with E-state index < -0.39 is 11.0 Å². The summed E-state index contributed by atoms with van der Waals surface area (Å²) >= 11 is 0. The molecule has 0 radical (unpaired) electrons. The van der Waals surface area contributed by atoms with Crippen molar-refractivity contribution in [2.24, 2.45) is 5.41 Å². The van der Waals surface area contributed by atoms with Gasteiger partial charge in [0, 0.05) is 13.0 Å². The van der Waals surface area contributed by atoms with Gasteiger partial charge >= 0.3 is 0 Å². The van der Waals surface area contributed by atoms with E-state index in [4.69, 9.17) is 0 Å². The van der Waals surface area contributed by atoms with E-state index in [9.17, 15) is 14.3 Å². The number of aliphatic hydroxyl groups is 1. The van der Waals surface area contributed by atoms with E-state index in [0.717, 1.165) is 12.8 Å². The molecule has 1 aliphatic heterocycles. The molecule has 2 aromatic rings. The summed E-state index contributed by atoms with van der Waals surface area (Å²) in [7, 11) is 0. The molecule has 0 bridgehead atoms. The van der Waals surface area contributed by atoms with Gasteiger partial charge in [-0.05, 0) is 30.9 Å². The second-order valence-electron chi connectivity index (χ2n) is 6.91. The van der Waals surface area contributed by atoms with Crippen LogP contribution in [0.1, 0.15) is 30.5 Å². The first-order chi connectivity index (χ1) is 11.5. The molecule has 1 aromatic carbocycles. The molecule has 2 N–H and O–H groups in total. The number of rotatable bonds is 4. The first-order valence-corrected chi connectivity index (χ1v) is 8.14. The fourth-order valence-electron chi connectivity index (χ4n) is 3.56. The van der Waals surface area contributed by atoms with Crippen molar-refractivity contribution in [1.82, 2.24) is 20.3 Å². The zero-order valence-corrected chi connectivity index (χ0v) is 13.2. The predicted molar refractivity (Wildman–Crippen MR) is 83.2 cm³/mol. The molecule has 126 valence electrons. The number of hydrogen-bond donors (Lipinski definition) is 2. The maximum atomic E-state index is 13.9. The molecule has 4 rings (SSSR count). The quantitative estimate of drug-likeness (QED) is 0.887. The molecule has 0 spiro atoms. The zero-order chi connectivity index (χ0) is 16.8. The molecule has 24 heavy (non-hydrogen) atoms. The second-order valence-corrected chi connectivity index (χ2v) is 6.91. The smallest absolute Gasteiger partial charge is 0.229 e. The van der Waals surface area contributed by atoms with Gasteiger partial charge in [-0.1, -0.05) is 18.2 Å². The molecular formula is C17H19FN4O2. The summed E-state index contributed by atoms with van der Waals surface area (Å²) in [4.78, 5) is 14.6. The number of nitrogens with one attached hydrogen (secondary N) is 1. The highest BCUT2D eigenvalue weighted by Gasteiger charge is 2.54. The van der Waals surface area contributed by atoms with Gasteiger partial charge in [0.1, 0.15) is 17.1 Å². The van der Waals surface area contributed by atoms with Gasteiger partial charge in [0.2, 0.25) is 5.91 Å². The summed E-state index contributed by atoms with van der Waals surface area (Å²) in [5, 5.41) is 20.9. The van der Waals surface area contributed by atoms with Gasteiger partial charge in [-0.2, -0.15) is 15.4 Å². The number of hydrogen-bond acceptors (Lipinski definition) is 4. The Morgan fingerprint density at radius 1 is 1.33 bits per heavy atom. The van der Waals surface area contributed by atoms with E-state index in [1.54, 1.807) is 23.1 Å². The van der Waals surface area contributed by atoms with Crippen molar-refractivity contribution in [2.45, 2.75) is 31.3 Å². The second kappa shape index (κ2) is 5.37. The lowest BCUT2D eigenvalue weighted by molar-refractivity contribution is -0.137. The van der Waals surface area contributed by atoms with Crippen LogP contribution in [-0.2, 0) is 16.8 Å². The van der Waals surface area contributed by atoms with Gasteiger partial charge in [0.15, 0.2) is 0 Å². The molecule has 1 atom stereocenters. The standard InChI is InChI=1S/C17H19FN4O2/c18-13-4-2-1-3-12(13)9-16(5-6-16)15(23)22-8-7-17(24,11-22)14-10-19-21-20-14/h1-4,10,24H,5-9,11H2,(H,19,20,21)/t17-/m0/s1. The van der Waals surface area contributed by atoms with Crippen LogP contribution in [0.4, 0.5) is 4.39 Å². The Morgan fingerprint density at radius 3 is 2.79 bits per heavy atom. The first-order valence-electron chi connectivity index (χ1n) is 8.14. The van der Waals surface area contributed by atoms with Crippen molar-refractivity contribution in [3.8, 4) is 0 Å². The van der Waals surface area contributed by atoms with Crippen LogP contribution < -0.4 is 0 Å². The van der Waals surface area contributed by atoms with E-state index in [-0.39, 0.29) is 18.3 Å². The minimum atomic E-state index is -1.16. The lowest BCUT2D eigenvalue weighted by atomic mass is 9.94. The molecule has 1 saturated heterocycles. The number of H-pyrrole nitrogens is 1. The van der Waals surface area contributed by atoms with Crippen molar-refractivity contribution < 1.29 is 14.3 Å². The number of benzene rings is 1. The Hall–Kier alpha value is -2.28. The third-order valence-corrected chi connectivity index (χ3v) is 5.22. The van der Waals surface area contributed by atoms with Crippen LogP contribution in [0.3, 0.4) is 0 Å². The van der Waals surface area contributed by atoms with Gasteiger partial charge in [-0.15, -0.1) is 0 Å². The van der Waals surface area contributed by atoms with Crippen LogP contribution >= 0.6 is 0 Å². The number of halogens is 1. The Balaban J connectivity index is 1.49.